The molecule has 1 heterocycles. The minimum absolute atomic E-state index is 0.0358. The summed E-state index contributed by atoms with van der Waals surface area (Å²) < 4.78 is 0. The summed E-state index contributed by atoms with van der Waals surface area (Å²) >= 11 is 1.63. The zero-order valence-electron chi connectivity index (χ0n) is 12.2. The molecule has 1 unspecified atom stereocenters. The van der Waals surface area contributed by atoms with E-state index >= 15 is 0 Å². The van der Waals surface area contributed by atoms with E-state index in [1.807, 2.05) is 0 Å². The van der Waals surface area contributed by atoms with Crippen LogP contribution in [-0.4, -0.2) is 34.0 Å². The normalized spacial score (nSPS) is 47.5. The maximum Gasteiger partial charge on any atom is 0.330 e. The Morgan fingerprint density at radius 1 is 1.05 bits per heavy atom. The van der Waals surface area contributed by atoms with Crippen molar-refractivity contribution in [1.29, 1.82) is 0 Å². The minimum atomic E-state index is -1.00. The van der Waals surface area contributed by atoms with Crippen molar-refractivity contribution in [3.05, 3.63) is 0 Å². The molecular weight excluding hydrogens is 286 g/mol. The summed E-state index contributed by atoms with van der Waals surface area (Å²) in [5.74, 6) is 3.31. The van der Waals surface area contributed by atoms with Gasteiger partial charge in [-0.2, -0.15) is 11.8 Å². The molecule has 4 bridgehead atoms. The van der Waals surface area contributed by atoms with Crippen LogP contribution in [0.5, 0.6) is 0 Å². The molecule has 0 aromatic heterocycles. The summed E-state index contributed by atoms with van der Waals surface area (Å²) in [5, 5.41) is 12.5. The third-order valence-electron chi connectivity index (χ3n) is 6.32. The summed E-state index contributed by atoms with van der Waals surface area (Å²) in [7, 11) is 0. The van der Waals surface area contributed by atoms with E-state index in [1.54, 1.807) is 11.8 Å². The molecule has 5 aliphatic rings. The summed E-state index contributed by atoms with van der Waals surface area (Å²) in [6.45, 7) is 0. The van der Waals surface area contributed by atoms with E-state index in [0.717, 1.165) is 17.6 Å². The average Bonchev–Trinajstić information content (AvgIpc) is 2.87. The lowest BCUT2D eigenvalue weighted by Gasteiger charge is -2.54. The fourth-order valence-corrected chi connectivity index (χ4v) is 6.88. The fourth-order valence-electron chi connectivity index (χ4n) is 5.56. The van der Waals surface area contributed by atoms with Crippen LogP contribution in [0.2, 0.25) is 0 Å². The van der Waals surface area contributed by atoms with Gasteiger partial charge in [-0.05, 0) is 67.9 Å². The number of nitrogens with one attached hydrogen (secondary N) is 1. The van der Waals surface area contributed by atoms with Crippen LogP contribution in [0.1, 0.15) is 38.5 Å². The first-order valence-corrected chi connectivity index (χ1v) is 9.36. The second-order valence-electron chi connectivity index (χ2n) is 7.64. The van der Waals surface area contributed by atoms with Crippen LogP contribution in [0.15, 0.2) is 0 Å². The lowest BCUT2D eigenvalue weighted by molar-refractivity contribution is -0.150. The van der Waals surface area contributed by atoms with Gasteiger partial charge in [-0.3, -0.25) is 4.79 Å². The molecule has 1 saturated heterocycles. The number of amides is 1. The Kier molecular flexibility index (Phi) is 3.25. The Bertz CT molecular complexity index is 444. The van der Waals surface area contributed by atoms with Crippen molar-refractivity contribution in [1.82, 2.24) is 5.32 Å². The molecule has 116 valence electrons. The van der Waals surface area contributed by atoms with Gasteiger partial charge in [0.15, 0.2) is 0 Å². The molecule has 0 aromatic carbocycles. The van der Waals surface area contributed by atoms with E-state index in [4.69, 9.17) is 0 Å². The van der Waals surface area contributed by atoms with Crippen molar-refractivity contribution in [2.45, 2.75) is 44.1 Å². The average molecular weight is 309 g/mol. The zero-order chi connectivity index (χ0) is 14.6. The molecule has 5 heteroatoms. The van der Waals surface area contributed by atoms with Crippen LogP contribution in [0.25, 0.3) is 0 Å². The Morgan fingerprint density at radius 2 is 1.67 bits per heavy atom. The predicted octanol–water partition coefficient (Wildman–Crippen LogP) is 2.14. The van der Waals surface area contributed by atoms with Crippen LogP contribution >= 0.6 is 11.8 Å². The van der Waals surface area contributed by atoms with Crippen LogP contribution in [0, 0.1) is 29.6 Å². The number of thioether (sulfide) groups is 1. The zero-order valence-corrected chi connectivity index (χ0v) is 13.0. The van der Waals surface area contributed by atoms with Gasteiger partial charge in [-0.1, -0.05) is 0 Å². The quantitative estimate of drug-likeness (QED) is 0.838. The van der Waals surface area contributed by atoms with Gasteiger partial charge in [0, 0.05) is 11.7 Å². The van der Waals surface area contributed by atoms with Gasteiger partial charge in [-0.15, -0.1) is 0 Å². The highest BCUT2D eigenvalue weighted by Gasteiger charge is 2.53. The highest BCUT2D eigenvalue weighted by atomic mass is 32.2. The summed E-state index contributed by atoms with van der Waals surface area (Å²) in [4.78, 5) is 24.4. The first-order chi connectivity index (χ1) is 10.1. The Morgan fingerprint density at radius 3 is 2.14 bits per heavy atom. The molecule has 0 aromatic rings. The monoisotopic (exact) mass is 309 g/mol. The summed E-state index contributed by atoms with van der Waals surface area (Å²) in [5.41, 5.74) is -1.00. The van der Waals surface area contributed by atoms with Gasteiger partial charge in [0.05, 0.1) is 0 Å². The maximum atomic E-state index is 12.8. The Balaban J connectivity index is 1.51. The lowest BCUT2D eigenvalue weighted by atomic mass is 9.51. The number of aliphatic carboxylic acids is 1. The minimum Gasteiger partial charge on any atom is -0.479 e. The van der Waals surface area contributed by atoms with Crippen LogP contribution in [0.4, 0.5) is 0 Å². The number of rotatable bonds is 3. The van der Waals surface area contributed by atoms with E-state index in [1.165, 1.54) is 32.1 Å². The molecule has 4 saturated carbocycles. The molecule has 5 rings (SSSR count). The molecule has 2 N–H and O–H groups in total. The van der Waals surface area contributed by atoms with Crippen LogP contribution in [0.3, 0.4) is 0 Å². The van der Waals surface area contributed by atoms with Gasteiger partial charge in [-0.25, -0.2) is 4.79 Å². The largest absolute Gasteiger partial charge is 0.479 e. The van der Waals surface area contributed by atoms with Crippen molar-refractivity contribution in [2.75, 3.05) is 11.5 Å². The van der Waals surface area contributed by atoms with Crippen molar-refractivity contribution in [2.24, 2.45) is 29.6 Å². The molecule has 21 heavy (non-hydrogen) atoms. The third-order valence-corrected chi connectivity index (χ3v) is 7.51. The van der Waals surface area contributed by atoms with E-state index in [-0.39, 0.29) is 11.8 Å². The summed E-state index contributed by atoms with van der Waals surface area (Å²) in [6.07, 6.45) is 6.71. The molecule has 1 aliphatic heterocycles. The van der Waals surface area contributed by atoms with E-state index in [0.29, 0.717) is 24.0 Å². The van der Waals surface area contributed by atoms with E-state index in [2.05, 4.69) is 5.32 Å². The maximum absolute atomic E-state index is 12.8. The molecule has 1 atom stereocenters. The highest BCUT2D eigenvalue weighted by molar-refractivity contribution is 7.99. The van der Waals surface area contributed by atoms with Crippen molar-refractivity contribution in [3.8, 4) is 0 Å². The lowest BCUT2D eigenvalue weighted by Crippen LogP contribution is -2.59. The predicted molar refractivity (Wildman–Crippen MR) is 81.0 cm³/mol. The molecule has 5 fully saturated rings. The SMILES string of the molecule is O=C(NC1(C(=O)O)CCSC1)C1C2CC3CC(C2)CC1C3. The second kappa shape index (κ2) is 4.90. The number of carbonyl (C=O) groups is 2. The van der Waals surface area contributed by atoms with E-state index in [9.17, 15) is 14.7 Å². The number of hydrogen-bond donors (Lipinski definition) is 2. The Hall–Kier alpha value is -0.710. The molecular formula is C16H23NO3S. The number of hydrogen-bond acceptors (Lipinski definition) is 3. The van der Waals surface area contributed by atoms with Gasteiger partial charge >= 0.3 is 5.97 Å². The Labute approximate surface area is 129 Å². The van der Waals surface area contributed by atoms with Gasteiger partial charge in [0.25, 0.3) is 0 Å². The first-order valence-electron chi connectivity index (χ1n) is 8.20. The summed E-state index contributed by atoms with van der Waals surface area (Å²) in [6, 6.07) is 0. The fraction of sp³-hybridized carbons (Fsp3) is 0.875. The first kappa shape index (κ1) is 13.9. The third kappa shape index (κ3) is 2.19. The van der Waals surface area contributed by atoms with Gasteiger partial charge < -0.3 is 10.4 Å². The molecule has 4 nitrogen and oxygen atoms in total. The second-order valence-corrected chi connectivity index (χ2v) is 8.74. The highest BCUT2D eigenvalue weighted by Crippen LogP contribution is 2.56. The van der Waals surface area contributed by atoms with Crippen LogP contribution < -0.4 is 5.32 Å². The topological polar surface area (TPSA) is 66.4 Å². The molecule has 0 spiro atoms. The standard InChI is InChI=1S/C16H23NO3S/c18-14(17-16(15(19)20)1-2-21-8-16)13-11-4-9-3-10(6-11)7-12(13)5-9/h9-13H,1-8H2,(H,17,18)(H,19,20). The van der Waals surface area contributed by atoms with Gasteiger partial charge in [0.2, 0.25) is 5.91 Å². The smallest absolute Gasteiger partial charge is 0.330 e. The van der Waals surface area contributed by atoms with Crippen molar-refractivity contribution in [3.63, 3.8) is 0 Å². The van der Waals surface area contributed by atoms with Crippen LogP contribution in [-0.2, 0) is 9.59 Å². The van der Waals surface area contributed by atoms with Crippen molar-refractivity contribution >= 4 is 23.6 Å². The van der Waals surface area contributed by atoms with Crippen molar-refractivity contribution < 1.29 is 14.7 Å². The molecule has 0 radical (unpaired) electrons. The number of carboxylic acid groups (broad SMARTS) is 1. The van der Waals surface area contributed by atoms with Gasteiger partial charge in [0.1, 0.15) is 5.54 Å². The number of carboxylic acids is 1. The molecule has 1 amide bonds. The number of carbonyl (C=O) groups excluding carboxylic acids is 1. The van der Waals surface area contributed by atoms with E-state index < -0.39 is 11.5 Å². The molecule has 4 aliphatic carbocycles.